The third-order valence-electron chi connectivity index (χ3n) is 7.00. The van der Waals surface area contributed by atoms with Gasteiger partial charge < -0.3 is 13.7 Å². The minimum absolute atomic E-state index is 0.0228. The highest BCUT2D eigenvalue weighted by Crippen LogP contribution is 2.43. The van der Waals surface area contributed by atoms with Crippen LogP contribution >= 0.6 is 0 Å². The Bertz CT molecular complexity index is 832. The molecular formula is C23H38N2O4Si2. The van der Waals surface area contributed by atoms with Gasteiger partial charge in [-0.3, -0.25) is 9.69 Å². The van der Waals surface area contributed by atoms with Crippen molar-refractivity contribution in [1.29, 1.82) is 0 Å². The normalized spacial score (nSPS) is 26.0. The fourth-order valence-corrected chi connectivity index (χ4v) is 7.87. The van der Waals surface area contributed by atoms with E-state index in [-0.39, 0.29) is 35.7 Å². The zero-order chi connectivity index (χ0) is 23.4. The van der Waals surface area contributed by atoms with Crippen LogP contribution in [0.2, 0.25) is 37.8 Å². The van der Waals surface area contributed by atoms with Crippen LogP contribution in [0.1, 0.15) is 39.3 Å². The molecule has 6 nitrogen and oxygen atoms in total. The van der Waals surface area contributed by atoms with E-state index in [9.17, 15) is 9.59 Å². The highest BCUT2D eigenvalue weighted by atomic mass is 28.4. The molecule has 4 atom stereocenters. The van der Waals surface area contributed by atoms with Crippen LogP contribution in [0.15, 0.2) is 30.3 Å². The molecule has 0 aromatic heterocycles. The molecule has 2 heterocycles. The van der Waals surface area contributed by atoms with E-state index >= 15 is 0 Å². The molecule has 8 heteroatoms. The monoisotopic (exact) mass is 462 g/mol. The van der Waals surface area contributed by atoms with E-state index in [2.05, 4.69) is 60.4 Å². The van der Waals surface area contributed by atoms with E-state index in [4.69, 9.17) is 9.16 Å². The zero-order valence-electron chi connectivity index (χ0n) is 20.4. The number of rotatable bonds is 6. The highest BCUT2D eigenvalue weighted by molar-refractivity contribution is 6.76. The van der Waals surface area contributed by atoms with Crippen molar-refractivity contribution >= 4 is 28.6 Å². The van der Waals surface area contributed by atoms with Gasteiger partial charge in [0.05, 0.1) is 18.2 Å². The lowest BCUT2D eigenvalue weighted by Gasteiger charge is -2.58. The van der Waals surface area contributed by atoms with E-state index in [1.165, 1.54) is 0 Å². The van der Waals surface area contributed by atoms with Gasteiger partial charge in [-0.1, -0.05) is 70.7 Å². The van der Waals surface area contributed by atoms with Gasteiger partial charge in [-0.25, -0.2) is 4.79 Å². The molecule has 0 radical (unpaired) electrons. The van der Waals surface area contributed by atoms with E-state index in [0.29, 0.717) is 0 Å². The van der Waals surface area contributed by atoms with Crippen LogP contribution in [-0.2, 0) is 14.0 Å². The van der Waals surface area contributed by atoms with Crippen LogP contribution in [0.4, 0.5) is 4.79 Å². The van der Waals surface area contributed by atoms with Crippen LogP contribution in [0.5, 0.6) is 0 Å². The zero-order valence-corrected chi connectivity index (χ0v) is 22.4. The van der Waals surface area contributed by atoms with Gasteiger partial charge in [0.25, 0.3) is 0 Å². The lowest BCUT2D eigenvalue weighted by molar-refractivity contribution is -0.154. The van der Waals surface area contributed by atoms with E-state index in [0.717, 1.165) is 5.56 Å². The Morgan fingerprint density at radius 3 is 2.16 bits per heavy atom. The molecule has 0 aliphatic carbocycles. The summed E-state index contributed by atoms with van der Waals surface area (Å²) < 4.78 is 14.2. The SMILES string of the molecule is C[C@H](O[Si](C)(C)C(C)(C)C)[C@H]1[C@H](N2C(=O)OC[C@@H]2c2ccccc2)C(=O)N1[Si](C)(C)C. The van der Waals surface area contributed by atoms with Crippen molar-refractivity contribution in [3.05, 3.63) is 35.9 Å². The van der Waals surface area contributed by atoms with Gasteiger partial charge in [0, 0.05) is 0 Å². The van der Waals surface area contributed by atoms with E-state index in [1.807, 2.05) is 34.9 Å². The standard InChI is InChI=1S/C23H38N2O4Si2/c1-16(29-31(8,9)23(2,3)4)19-20(21(26)25(19)30(5,6)7)24-18(15-28-22(24)27)17-13-11-10-12-14-17/h10-14,16,18-20H,15H2,1-9H3/t16-,18+,19-,20-/m0/s1. The minimum atomic E-state index is -2.05. The second-order valence-corrected chi connectivity index (χ2v) is 20.9. The van der Waals surface area contributed by atoms with Crippen molar-refractivity contribution in [2.24, 2.45) is 0 Å². The summed E-state index contributed by atoms with van der Waals surface area (Å²) in [6.07, 6.45) is -0.577. The summed E-state index contributed by atoms with van der Waals surface area (Å²) in [6, 6.07) is 8.87. The summed E-state index contributed by atoms with van der Waals surface area (Å²) in [5.74, 6) is 0.0228. The van der Waals surface area contributed by atoms with Crippen LogP contribution in [0, 0.1) is 0 Å². The third kappa shape index (κ3) is 4.34. The minimum Gasteiger partial charge on any atom is -0.447 e. The van der Waals surface area contributed by atoms with Crippen molar-refractivity contribution in [1.82, 2.24) is 9.47 Å². The van der Waals surface area contributed by atoms with Gasteiger partial charge in [-0.05, 0) is 30.6 Å². The Morgan fingerprint density at radius 2 is 1.65 bits per heavy atom. The van der Waals surface area contributed by atoms with Crippen molar-refractivity contribution in [2.75, 3.05) is 6.61 Å². The lowest BCUT2D eigenvalue weighted by Crippen LogP contribution is -2.79. The van der Waals surface area contributed by atoms with Gasteiger partial charge in [0.2, 0.25) is 5.91 Å². The fraction of sp³-hybridized carbons (Fsp3) is 0.652. The van der Waals surface area contributed by atoms with Gasteiger partial charge in [-0.2, -0.15) is 0 Å². The van der Waals surface area contributed by atoms with Crippen LogP contribution in [-0.4, -0.2) is 62.8 Å². The van der Waals surface area contributed by atoms with Crippen LogP contribution < -0.4 is 0 Å². The number of hydrogen-bond donors (Lipinski definition) is 0. The first-order valence-electron chi connectivity index (χ1n) is 11.2. The predicted molar refractivity (Wildman–Crippen MR) is 128 cm³/mol. The van der Waals surface area contributed by atoms with Gasteiger partial charge in [-0.15, -0.1) is 0 Å². The largest absolute Gasteiger partial charge is 0.447 e. The Labute approximate surface area is 189 Å². The molecular weight excluding hydrogens is 424 g/mol. The number of carbonyl (C=O) groups is 2. The van der Waals surface area contributed by atoms with E-state index < -0.39 is 28.7 Å². The van der Waals surface area contributed by atoms with E-state index in [1.54, 1.807) is 4.90 Å². The van der Waals surface area contributed by atoms with Crippen molar-refractivity contribution in [2.45, 2.75) is 89.7 Å². The molecule has 0 unspecified atom stereocenters. The number of β-lactam (4-membered cyclic amide) rings is 1. The summed E-state index contributed by atoms with van der Waals surface area (Å²) in [5, 5.41) is 0.0631. The second-order valence-electron chi connectivity index (χ2n) is 11.3. The molecule has 0 spiro atoms. The van der Waals surface area contributed by atoms with Gasteiger partial charge in [0.15, 0.2) is 16.6 Å². The maximum atomic E-state index is 13.5. The smallest absolute Gasteiger partial charge is 0.411 e. The Balaban J connectivity index is 1.96. The average molecular weight is 463 g/mol. The number of ether oxygens (including phenoxy) is 1. The molecule has 1 aromatic rings. The maximum Gasteiger partial charge on any atom is 0.411 e. The topological polar surface area (TPSA) is 59.1 Å². The third-order valence-corrected chi connectivity index (χ3v) is 13.5. The number of amides is 2. The quantitative estimate of drug-likeness (QED) is 0.441. The number of nitrogens with zero attached hydrogens (tertiary/aromatic N) is 2. The Morgan fingerprint density at radius 1 is 1.06 bits per heavy atom. The molecule has 2 saturated heterocycles. The Kier molecular flexibility index (Phi) is 6.23. The molecule has 2 fully saturated rings. The van der Waals surface area contributed by atoms with Gasteiger partial charge in [0.1, 0.15) is 12.6 Å². The first-order chi connectivity index (χ1) is 14.2. The molecule has 3 rings (SSSR count). The average Bonchev–Trinajstić information content (AvgIpc) is 2.99. The molecule has 2 amide bonds. The maximum absolute atomic E-state index is 13.5. The molecule has 0 N–H and O–H groups in total. The summed E-state index contributed by atoms with van der Waals surface area (Å²) in [7, 11) is -4.01. The van der Waals surface area contributed by atoms with Crippen LogP contribution in [0.25, 0.3) is 0 Å². The van der Waals surface area contributed by atoms with Crippen molar-refractivity contribution < 1.29 is 18.8 Å². The summed E-state index contributed by atoms with van der Waals surface area (Å²) in [4.78, 5) is 28.0. The lowest BCUT2D eigenvalue weighted by atomic mass is 9.91. The summed E-state index contributed by atoms with van der Waals surface area (Å²) >= 11 is 0. The number of carbonyl (C=O) groups excluding carboxylic acids is 2. The van der Waals surface area contributed by atoms with Gasteiger partial charge >= 0.3 is 6.09 Å². The van der Waals surface area contributed by atoms with Crippen molar-refractivity contribution in [3.63, 3.8) is 0 Å². The molecule has 1 aromatic carbocycles. The first kappa shape index (κ1) is 24.0. The first-order valence-corrected chi connectivity index (χ1v) is 17.5. The molecule has 0 saturated carbocycles. The molecule has 0 bridgehead atoms. The summed E-state index contributed by atoms with van der Waals surface area (Å²) in [6.45, 7) is 20.0. The summed E-state index contributed by atoms with van der Waals surface area (Å²) in [5.41, 5.74) is 0.990. The molecule has 31 heavy (non-hydrogen) atoms. The number of benzene rings is 1. The molecule has 2 aliphatic rings. The fourth-order valence-electron chi connectivity index (χ4n) is 4.41. The van der Waals surface area contributed by atoms with Crippen LogP contribution in [0.3, 0.4) is 0 Å². The van der Waals surface area contributed by atoms with Crippen molar-refractivity contribution in [3.8, 4) is 0 Å². The second kappa shape index (κ2) is 8.04. The molecule has 2 aliphatic heterocycles. The number of cyclic esters (lactones) is 1. The predicted octanol–water partition coefficient (Wildman–Crippen LogP) is 5.00. The number of hydrogen-bond acceptors (Lipinski definition) is 4. The Hall–Kier alpha value is -1.65. The molecule has 172 valence electrons. The highest BCUT2D eigenvalue weighted by Gasteiger charge is 2.61.